The number of ether oxygens (including phenoxy) is 2. The number of benzene rings is 1. The fourth-order valence-corrected chi connectivity index (χ4v) is 3.14. The van der Waals surface area contributed by atoms with Gasteiger partial charge in [-0.25, -0.2) is 0 Å². The number of carbonyl (C=O) groups excluding carboxylic acids is 1. The molecule has 1 N–H and O–H groups in total. The summed E-state index contributed by atoms with van der Waals surface area (Å²) in [7, 11) is 3.35. The highest BCUT2D eigenvalue weighted by Gasteiger charge is 2.23. The van der Waals surface area contributed by atoms with Crippen molar-refractivity contribution in [1.29, 1.82) is 0 Å². The van der Waals surface area contributed by atoms with Gasteiger partial charge in [0.2, 0.25) is 0 Å². The minimum absolute atomic E-state index is 0.0158. The molecule has 1 aliphatic heterocycles. The number of Topliss-reactive ketones (excluding diaryl/α,β-unsaturated/α-hetero) is 1. The lowest BCUT2D eigenvalue weighted by atomic mass is 10.1. The van der Waals surface area contributed by atoms with Crippen molar-refractivity contribution in [2.45, 2.75) is 12.5 Å². The van der Waals surface area contributed by atoms with Gasteiger partial charge in [-0.1, -0.05) is 6.07 Å². The summed E-state index contributed by atoms with van der Waals surface area (Å²) in [6.07, 6.45) is 1.19. The highest BCUT2D eigenvalue weighted by atomic mass is 32.2. The molecule has 1 atom stereocenters. The molecule has 1 fully saturated rings. The van der Waals surface area contributed by atoms with Crippen LogP contribution in [0.15, 0.2) is 18.2 Å². The molecule has 1 aromatic rings. The molecule has 0 bridgehead atoms. The molecule has 4 nitrogen and oxygen atoms in total. The second-order valence-corrected chi connectivity index (χ2v) is 5.54. The van der Waals surface area contributed by atoms with E-state index in [1.165, 1.54) is 0 Å². The van der Waals surface area contributed by atoms with E-state index < -0.39 is 0 Å². The normalized spacial score (nSPS) is 18.3. The zero-order chi connectivity index (χ0) is 13.7. The molecule has 0 spiro atoms. The number of rotatable bonds is 6. The summed E-state index contributed by atoms with van der Waals surface area (Å²) in [5.74, 6) is 3.30. The van der Waals surface area contributed by atoms with Crippen LogP contribution in [0, 0.1) is 0 Å². The van der Waals surface area contributed by atoms with Crippen LogP contribution in [0.1, 0.15) is 16.8 Å². The lowest BCUT2D eigenvalue weighted by Gasteiger charge is -2.18. The predicted octanol–water partition coefficient (Wildman–Crippen LogP) is 1.98. The Morgan fingerprint density at radius 3 is 3.00 bits per heavy atom. The second-order valence-electron chi connectivity index (χ2n) is 4.39. The molecule has 0 amide bonds. The summed E-state index contributed by atoms with van der Waals surface area (Å²) < 4.78 is 11.3. The molecule has 1 aromatic carbocycles. The number of hydrogen-bond donors (Lipinski definition) is 1. The first kappa shape index (κ1) is 14.2. The Balaban J connectivity index is 2.27. The van der Waals surface area contributed by atoms with Crippen molar-refractivity contribution in [3.05, 3.63) is 23.8 Å². The molecule has 1 unspecified atom stereocenters. The summed E-state index contributed by atoms with van der Waals surface area (Å²) in [5, 5.41) is 2.87. The zero-order valence-corrected chi connectivity index (χ0v) is 12.1. The van der Waals surface area contributed by atoms with Gasteiger partial charge in [0.15, 0.2) is 17.3 Å². The number of methoxy groups -OCH3 is 1. The quantitative estimate of drug-likeness (QED) is 0.808. The molecule has 19 heavy (non-hydrogen) atoms. The van der Waals surface area contributed by atoms with Crippen molar-refractivity contribution >= 4 is 17.5 Å². The molecule has 5 heteroatoms. The molecule has 0 saturated carbocycles. The first-order valence-corrected chi connectivity index (χ1v) is 7.51. The lowest BCUT2D eigenvalue weighted by Crippen LogP contribution is -2.22. The van der Waals surface area contributed by atoms with Crippen LogP contribution in [0.25, 0.3) is 0 Å². The molecule has 1 heterocycles. The first-order valence-electron chi connectivity index (χ1n) is 6.35. The van der Waals surface area contributed by atoms with E-state index in [9.17, 15) is 4.79 Å². The maximum Gasteiger partial charge on any atom is 0.180 e. The molecule has 0 radical (unpaired) electrons. The Hall–Kier alpha value is -1.20. The lowest BCUT2D eigenvalue weighted by molar-refractivity contribution is 0.0986. The van der Waals surface area contributed by atoms with Crippen LogP contribution in [0.5, 0.6) is 11.5 Å². The average molecular weight is 281 g/mol. The second kappa shape index (κ2) is 6.82. The van der Waals surface area contributed by atoms with Crippen molar-refractivity contribution in [3.63, 3.8) is 0 Å². The van der Waals surface area contributed by atoms with Crippen LogP contribution in [-0.4, -0.2) is 44.1 Å². The minimum atomic E-state index is 0.0158. The van der Waals surface area contributed by atoms with E-state index in [0.29, 0.717) is 23.6 Å². The van der Waals surface area contributed by atoms with Crippen LogP contribution in [0.3, 0.4) is 0 Å². The predicted molar refractivity (Wildman–Crippen MR) is 77.6 cm³/mol. The number of nitrogens with one attached hydrogen (secondary N) is 1. The van der Waals surface area contributed by atoms with Gasteiger partial charge in [0.25, 0.3) is 0 Å². The maximum absolute atomic E-state index is 12.1. The number of ketones is 1. The van der Waals surface area contributed by atoms with Crippen molar-refractivity contribution < 1.29 is 14.3 Å². The van der Waals surface area contributed by atoms with Gasteiger partial charge in [-0.2, -0.15) is 11.8 Å². The maximum atomic E-state index is 12.1. The Morgan fingerprint density at radius 2 is 2.37 bits per heavy atom. The van der Waals surface area contributed by atoms with E-state index in [0.717, 1.165) is 17.9 Å². The Bertz CT molecular complexity index is 444. The van der Waals surface area contributed by atoms with Gasteiger partial charge in [0.05, 0.1) is 19.2 Å². The Labute approximate surface area is 117 Å². The number of hydrogen-bond acceptors (Lipinski definition) is 5. The number of para-hydroxylation sites is 1. The summed E-state index contributed by atoms with van der Waals surface area (Å²) >= 11 is 1.88. The third-order valence-electron chi connectivity index (χ3n) is 3.01. The number of carbonyl (C=O) groups is 1. The summed E-state index contributed by atoms with van der Waals surface area (Å²) in [6, 6.07) is 5.44. The molecule has 0 aliphatic carbocycles. The van der Waals surface area contributed by atoms with E-state index in [1.807, 2.05) is 23.9 Å². The Morgan fingerprint density at radius 1 is 1.53 bits per heavy atom. The minimum Gasteiger partial charge on any atom is -0.493 e. The average Bonchev–Trinajstić information content (AvgIpc) is 2.92. The molecular weight excluding hydrogens is 262 g/mol. The SMILES string of the molecule is CNCC(=O)c1cccc(OC)c1OC1CCSC1. The third-order valence-corrected chi connectivity index (χ3v) is 4.14. The van der Waals surface area contributed by atoms with Crippen LogP contribution in [-0.2, 0) is 0 Å². The van der Waals surface area contributed by atoms with E-state index in [-0.39, 0.29) is 11.9 Å². The van der Waals surface area contributed by atoms with Crippen molar-refractivity contribution in [2.24, 2.45) is 0 Å². The Kier molecular flexibility index (Phi) is 5.10. The standard InChI is InChI=1S/C14H19NO3S/c1-15-8-12(16)11-4-3-5-13(17-2)14(11)18-10-6-7-19-9-10/h3-5,10,15H,6-9H2,1-2H3. The van der Waals surface area contributed by atoms with Crippen LogP contribution in [0.2, 0.25) is 0 Å². The van der Waals surface area contributed by atoms with E-state index >= 15 is 0 Å². The number of likely N-dealkylation sites (N-methyl/N-ethyl adjacent to an activating group) is 1. The van der Waals surface area contributed by atoms with Gasteiger partial charge in [0.1, 0.15) is 6.10 Å². The molecular formula is C14H19NO3S. The van der Waals surface area contributed by atoms with Crippen molar-refractivity contribution in [3.8, 4) is 11.5 Å². The first-order chi connectivity index (χ1) is 9.26. The topological polar surface area (TPSA) is 47.6 Å². The van der Waals surface area contributed by atoms with Crippen LogP contribution >= 0.6 is 11.8 Å². The van der Waals surface area contributed by atoms with Crippen molar-refractivity contribution in [1.82, 2.24) is 5.32 Å². The van der Waals surface area contributed by atoms with Crippen molar-refractivity contribution in [2.75, 3.05) is 32.2 Å². The van der Waals surface area contributed by atoms with E-state index in [2.05, 4.69) is 5.32 Å². The smallest absolute Gasteiger partial charge is 0.180 e. The zero-order valence-electron chi connectivity index (χ0n) is 11.3. The fourth-order valence-electron chi connectivity index (χ4n) is 2.05. The summed E-state index contributed by atoms with van der Waals surface area (Å²) in [5.41, 5.74) is 0.589. The highest BCUT2D eigenvalue weighted by molar-refractivity contribution is 7.99. The van der Waals surface area contributed by atoms with E-state index in [4.69, 9.17) is 9.47 Å². The molecule has 2 rings (SSSR count). The van der Waals surface area contributed by atoms with Gasteiger partial charge >= 0.3 is 0 Å². The summed E-state index contributed by atoms with van der Waals surface area (Å²) in [6.45, 7) is 0.295. The third kappa shape index (κ3) is 3.42. The van der Waals surface area contributed by atoms with Gasteiger partial charge < -0.3 is 14.8 Å². The number of thioether (sulfide) groups is 1. The molecule has 1 aliphatic rings. The van der Waals surface area contributed by atoms with Gasteiger partial charge in [0, 0.05) is 5.75 Å². The molecule has 104 valence electrons. The largest absolute Gasteiger partial charge is 0.493 e. The highest BCUT2D eigenvalue weighted by Crippen LogP contribution is 2.34. The van der Waals surface area contributed by atoms with Gasteiger partial charge in [-0.05, 0) is 31.4 Å². The molecule has 0 aromatic heterocycles. The molecule has 1 saturated heterocycles. The summed E-state index contributed by atoms with van der Waals surface area (Å²) in [4.78, 5) is 12.1. The van der Waals surface area contributed by atoms with Crippen LogP contribution in [0.4, 0.5) is 0 Å². The monoisotopic (exact) mass is 281 g/mol. The van der Waals surface area contributed by atoms with Crippen LogP contribution < -0.4 is 14.8 Å². The fraction of sp³-hybridized carbons (Fsp3) is 0.500. The van der Waals surface area contributed by atoms with Gasteiger partial charge in [-0.15, -0.1) is 0 Å². The van der Waals surface area contributed by atoms with E-state index in [1.54, 1.807) is 20.2 Å². The van der Waals surface area contributed by atoms with Gasteiger partial charge in [-0.3, -0.25) is 4.79 Å².